The van der Waals surface area contributed by atoms with Gasteiger partial charge in [0.25, 0.3) is 11.8 Å². The number of benzene rings is 2. The van der Waals surface area contributed by atoms with E-state index in [0.717, 1.165) is 22.7 Å². The Labute approximate surface area is 219 Å². The molecule has 2 heterocycles. The predicted octanol–water partition coefficient (Wildman–Crippen LogP) is 6.15. The molecule has 0 aliphatic rings. The number of rotatable bonds is 6. The molecule has 37 heavy (non-hydrogen) atoms. The summed E-state index contributed by atoms with van der Waals surface area (Å²) in [6.45, 7) is 3.91. The van der Waals surface area contributed by atoms with Crippen molar-refractivity contribution < 1.29 is 27.2 Å². The van der Waals surface area contributed by atoms with Crippen molar-refractivity contribution >= 4 is 34.8 Å². The molecular formula is C26H21ClF3N3O3S. The fraction of sp³-hybridized carbons (Fsp3) is 0.192. The number of aromatic nitrogens is 1. The van der Waals surface area contributed by atoms with Crippen LogP contribution in [0.1, 0.15) is 48.4 Å². The Balaban J connectivity index is 1.49. The Kier molecular flexibility index (Phi) is 7.70. The van der Waals surface area contributed by atoms with Crippen molar-refractivity contribution in [3.8, 4) is 0 Å². The maximum atomic E-state index is 12.9. The Bertz CT molecular complexity index is 1540. The van der Waals surface area contributed by atoms with E-state index in [4.69, 9.17) is 16.0 Å². The van der Waals surface area contributed by atoms with Gasteiger partial charge in [0.05, 0.1) is 22.7 Å². The molecule has 0 saturated carbocycles. The Hall–Kier alpha value is -3.63. The van der Waals surface area contributed by atoms with Crippen LogP contribution in [0.4, 0.5) is 13.2 Å². The van der Waals surface area contributed by atoms with Crippen molar-refractivity contribution in [3.63, 3.8) is 0 Å². The van der Waals surface area contributed by atoms with Crippen LogP contribution in [0.5, 0.6) is 0 Å². The highest BCUT2D eigenvalue weighted by Gasteiger charge is 2.30. The molecule has 4 aromatic rings. The monoisotopic (exact) mass is 547 g/mol. The van der Waals surface area contributed by atoms with E-state index in [1.54, 1.807) is 34.9 Å². The van der Waals surface area contributed by atoms with E-state index < -0.39 is 23.6 Å². The highest BCUT2D eigenvalue weighted by Crippen LogP contribution is 2.29. The van der Waals surface area contributed by atoms with Gasteiger partial charge in [0, 0.05) is 17.1 Å². The van der Waals surface area contributed by atoms with Gasteiger partial charge in [-0.15, -0.1) is 11.3 Å². The summed E-state index contributed by atoms with van der Waals surface area (Å²) in [6, 6.07) is 14.5. The number of nitrogens with zero attached hydrogens (tertiary/aromatic N) is 2. The quantitative estimate of drug-likeness (QED) is 0.314. The molecule has 0 fully saturated rings. The van der Waals surface area contributed by atoms with Gasteiger partial charge in [0.15, 0.2) is 10.6 Å². The lowest BCUT2D eigenvalue weighted by Gasteiger charge is -2.09. The summed E-state index contributed by atoms with van der Waals surface area (Å²) in [5, 5.41) is 2.87. The summed E-state index contributed by atoms with van der Waals surface area (Å²) < 4.78 is 46.2. The lowest BCUT2D eigenvalue weighted by atomic mass is 10.1. The Morgan fingerprint density at radius 1 is 1.08 bits per heavy atom. The summed E-state index contributed by atoms with van der Waals surface area (Å²) >= 11 is 7.47. The zero-order chi connectivity index (χ0) is 26.7. The highest BCUT2D eigenvalue weighted by molar-refractivity contribution is 7.09. The summed E-state index contributed by atoms with van der Waals surface area (Å²) in [7, 11) is 0. The van der Waals surface area contributed by atoms with Crippen LogP contribution in [0, 0.1) is 13.8 Å². The maximum absolute atomic E-state index is 12.9. The van der Waals surface area contributed by atoms with Crippen LogP contribution in [0.3, 0.4) is 0 Å². The minimum Gasteiger partial charge on any atom is -0.454 e. The van der Waals surface area contributed by atoms with Crippen LogP contribution < -0.4 is 10.1 Å². The minimum absolute atomic E-state index is 0.0119. The van der Waals surface area contributed by atoms with Crippen molar-refractivity contribution in [2.45, 2.75) is 33.1 Å². The number of halogens is 4. The van der Waals surface area contributed by atoms with Crippen molar-refractivity contribution in [1.29, 1.82) is 0 Å². The van der Waals surface area contributed by atoms with E-state index in [1.807, 2.05) is 13.8 Å². The normalized spacial score (nSPS) is 12.1. The standard InChI is InChI=1S/C26H21ClF3N3O3S/c1-15-16(2)37-25(32-23(34)20-8-3-4-9-21(20)27)33(15)14-19-10-11-22(36-19)24(35)31-13-17-6-5-7-18(12-17)26(28,29)30/h3-12H,13-14H2,1-2H3,(H,31,35). The molecule has 6 nitrogen and oxygen atoms in total. The molecule has 0 aliphatic carbocycles. The van der Waals surface area contributed by atoms with Gasteiger partial charge in [-0.3, -0.25) is 9.59 Å². The summed E-state index contributed by atoms with van der Waals surface area (Å²) in [4.78, 5) is 30.9. The van der Waals surface area contributed by atoms with E-state index in [9.17, 15) is 22.8 Å². The number of amides is 2. The third-order valence-electron chi connectivity index (χ3n) is 5.60. The van der Waals surface area contributed by atoms with Gasteiger partial charge in [-0.2, -0.15) is 18.2 Å². The van der Waals surface area contributed by atoms with Crippen molar-refractivity contribution in [2.24, 2.45) is 4.99 Å². The smallest absolute Gasteiger partial charge is 0.416 e. The predicted molar refractivity (Wildman–Crippen MR) is 134 cm³/mol. The van der Waals surface area contributed by atoms with E-state index in [-0.39, 0.29) is 24.4 Å². The van der Waals surface area contributed by atoms with E-state index in [0.29, 0.717) is 21.1 Å². The first-order valence-corrected chi connectivity index (χ1v) is 12.3. The zero-order valence-corrected chi connectivity index (χ0v) is 21.3. The second-order valence-electron chi connectivity index (χ2n) is 8.16. The Morgan fingerprint density at radius 3 is 2.57 bits per heavy atom. The number of furan rings is 1. The van der Waals surface area contributed by atoms with Crippen molar-refractivity contribution in [1.82, 2.24) is 9.88 Å². The van der Waals surface area contributed by atoms with Crippen LogP contribution >= 0.6 is 22.9 Å². The molecule has 4 rings (SSSR count). The van der Waals surface area contributed by atoms with Gasteiger partial charge < -0.3 is 14.3 Å². The van der Waals surface area contributed by atoms with Gasteiger partial charge in [0.1, 0.15) is 5.76 Å². The first-order valence-electron chi connectivity index (χ1n) is 11.1. The zero-order valence-electron chi connectivity index (χ0n) is 19.7. The lowest BCUT2D eigenvalue weighted by molar-refractivity contribution is -0.137. The second-order valence-corrected chi connectivity index (χ2v) is 9.74. The number of hydrogen-bond acceptors (Lipinski definition) is 4. The molecule has 2 amide bonds. The third-order valence-corrected chi connectivity index (χ3v) is 7.02. The summed E-state index contributed by atoms with van der Waals surface area (Å²) in [5.41, 5.74) is 0.691. The van der Waals surface area contributed by atoms with Crippen LogP contribution in [-0.2, 0) is 19.3 Å². The van der Waals surface area contributed by atoms with Crippen LogP contribution in [0.25, 0.3) is 0 Å². The maximum Gasteiger partial charge on any atom is 0.416 e. The number of thiazole rings is 1. The number of nitrogens with one attached hydrogen (secondary N) is 1. The molecule has 0 atom stereocenters. The first kappa shape index (κ1) is 26.4. The molecule has 0 bridgehead atoms. The second kappa shape index (κ2) is 10.8. The Morgan fingerprint density at radius 2 is 1.84 bits per heavy atom. The van der Waals surface area contributed by atoms with Gasteiger partial charge in [-0.1, -0.05) is 35.9 Å². The highest BCUT2D eigenvalue weighted by atomic mass is 35.5. The molecule has 0 radical (unpaired) electrons. The lowest BCUT2D eigenvalue weighted by Crippen LogP contribution is -2.22. The largest absolute Gasteiger partial charge is 0.454 e. The average molecular weight is 548 g/mol. The third kappa shape index (κ3) is 6.20. The molecule has 0 spiro atoms. The minimum atomic E-state index is -4.46. The van der Waals surface area contributed by atoms with Gasteiger partial charge in [0.2, 0.25) is 0 Å². The van der Waals surface area contributed by atoms with Gasteiger partial charge in [-0.05, 0) is 55.8 Å². The molecule has 0 saturated heterocycles. The number of aryl methyl sites for hydroxylation is 1. The van der Waals surface area contributed by atoms with Crippen molar-refractivity contribution in [3.05, 3.63) is 109 Å². The summed E-state index contributed by atoms with van der Waals surface area (Å²) in [6.07, 6.45) is -4.46. The van der Waals surface area contributed by atoms with Gasteiger partial charge in [-0.25, -0.2) is 0 Å². The fourth-order valence-corrected chi connectivity index (χ4v) is 4.71. The summed E-state index contributed by atoms with van der Waals surface area (Å²) in [5.74, 6) is -0.588. The van der Waals surface area contributed by atoms with E-state index >= 15 is 0 Å². The molecule has 11 heteroatoms. The molecule has 2 aromatic heterocycles. The number of carbonyl (C=O) groups excluding carboxylic acids is 2. The number of carbonyl (C=O) groups is 2. The molecule has 0 unspecified atom stereocenters. The van der Waals surface area contributed by atoms with E-state index in [2.05, 4.69) is 10.3 Å². The first-order chi connectivity index (χ1) is 17.5. The topological polar surface area (TPSA) is 76.6 Å². The molecule has 2 aromatic carbocycles. The van der Waals surface area contributed by atoms with Gasteiger partial charge >= 0.3 is 6.18 Å². The number of alkyl halides is 3. The van der Waals surface area contributed by atoms with Crippen LogP contribution in [-0.4, -0.2) is 16.4 Å². The van der Waals surface area contributed by atoms with Crippen LogP contribution in [0.2, 0.25) is 5.02 Å². The van der Waals surface area contributed by atoms with E-state index in [1.165, 1.54) is 29.5 Å². The average Bonchev–Trinajstić information content (AvgIpc) is 3.43. The molecule has 0 aliphatic heterocycles. The molecule has 1 N–H and O–H groups in total. The molecular weight excluding hydrogens is 527 g/mol. The molecule has 192 valence electrons. The number of hydrogen-bond donors (Lipinski definition) is 1. The van der Waals surface area contributed by atoms with Crippen molar-refractivity contribution in [2.75, 3.05) is 0 Å². The fourth-order valence-electron chi connectivity index (χ4n) is 3.52. The van der Waals surface area contributed by atoms with Crippen LogP contribution in [0.15, 0.2) is 70.1 Å². The SMILES string of the molecule is Cc1sc(=NC(=O)c2ccccc2Cl)n(Cc2ccc(C(=O)NCc3cccc(C(F)(F)F)c3)o2)c1C.